The van der Waals surface area contributed by atoms with Gasteiger partial charge in [0.05, 0.1) is 0 Å². The lowest BCUT2D eigenvalue weighted by Crippen LogP contribution is -2.44. The Kier molecular flexibility index (Phi) is 6.28. The Balaban J connectivity index is 1.38. The minimum Gasteiger partial charge on any atom is -0.508 e. The Labute approximate surface area is 154 Å². The van der Waals surface area contributed by atoms with E-state index in [1.54, 1.807) is 12.3 Å². The number of nitrogens with zero attached hydrogens (tertiary/aromatic N) is 3. The molecule has 140 valence electrons. The van der Waals surface area contributed by atoms with Gasteiger partial charge < -0.3 is 15.0 Å². The van der Waals surface area contributed by atoms with E-state index in [1.807, 2.05) is 24.4 Å². The molecule has 2 heterocycles. The number of phenols is 1. The van der Waals surface area contributed by atoms with Crippen molar-refractivity contribution in [2.75, 3.05) is 13.1 Å². The number of aromatic nitrogens is 2. The molecule has 6 nitrogen and oxygen atoms in total. The molecule has 1 aliphatic rings. The average molecular weight is 356 g/mol. The zero-order valence-corrected chi connectivity index (χ0v) is 15.4. The van der Waals surface area contributed by atoms with Crippen LogP contribution in [0.5, 0.6) is 5.75 Å². The largest absolute Gasteiger partial charge is 0.508 e. The van der Waals surface area contributed by atoms with E-state index < -0.39 is 0 Å². The number of aryl methyl sites for hydroxylation is 2. The number of piperidine rings is 1. The van der Waals surface area contributed by atoms with Crippen molar-refractivity contribution in [1.82, 2.24) is 19.8 Å². The van der Waals surface area contributed by atoms with Crippen molar-refractivity contribution in [3.63, 3.8) is 0 Å². The highest BCUT2D eigenvalue weighted by Gasteiger charge is 2.20. The molecule has 0 spiro atoms. The summed E-state index contributed by atoms with van der Waals surface area (Å²) < 4.78 is 2.05. The maximum atomic E-state index is 12.2. The molecule has 0 aliphatic carbocycles. The van der Waals surface area contributed by atoms with E-state index in [4.69, 9.17) is 0 Å². The molecular formula is C20H28N4O2. The number of rotatable bonds is 7. The number of imidazole rings is 1. The van der Waals surface area contributed by atoms with Gasteiger partial charge in [0.15, 0.2) is 0 Å². The summed E-state index contributed by atoms with van der Waals surface area (Å²) in [6, 6.07) is 7.68. The van der Waals surface area contributed by atoms with Crippen LogP contribution in [0, 0.1) is 0 Å². The van der Waals surface area contributed by atoms with Crippen LogP contribution in [-0.4, -0.2) is 44.6 Å². The Morgan fingerprint density at radius 2 is 2.15 bits per heavy atom. The van der Waals surface area contributed by atoms with E-state index in [0.29, 0.717) is 18.7 Å². The van der Waals surface area contributed by atoms with Crippen LogP contribution in [0.4, 0.5) is 0 Å². The average Bonchev–Trinajstić information content (AvgIpc) is 3.09. The number of likely N-dealkylation sites (tertiary alicyclic amines) is 1. The molecule has 26 heavy (non-hydrogen) atoms. The second-order valence-electron chi connectivity index (χ2n) is 6.93. The van der Waals surface area contributed by atoms with Crippen LogP contribution in [0.2, 0.25) is 0 Å². The highest BCUT2D eigenvalue weighted by molar-refractivity contribution is 5.76. The fourth-order valence-electron chi connectivity index (χ4n) is 3.53. The lowest BCUT2D eigenvalue weighted by atomic mass is 10.0. The lowest BCUT2D eigenvalue weighted by molar-refractivity contribution is -0.122. The Morgan fingerprint density at radius 3 is 2.88 bits per heavy atom. The van der Waals surface area contributed by atoms with E-state index in [0.717, 1.165) is 50.3 Å². The Bertz CT molecular complexity index is 720. The van der Waals surface area contributed by atoms with E-state index in [1.165, 1.54) is 0 Å². The summed E-state index contributed by atoms with van der Waals surface area (Å²) in [6.07, 6.45) is 7.04. The highest BCUT2D eigenvalue weighted by atomic mass is 16.3. The smallest absolute Gasteiger partial charge is 0.222 e. The van der Waals surface area contributed by atoms with Gasteiger partial charge in [0.1, 0.15) is 11.6 Å². The van der Waals surface area contributed by atoms with Gasteiger partial charge in [-0.25, -0.2) is 4.98 Å². The molecule has 1 amide bonds. The van der Waals surface area contributed by atoms with Crippen LogP contribution in [0.1, 0.15) is 37.6 Å². The van der Waals surface area contributed by atoms with Crippen LogP contribution in [0.3, 0.4) is 0 Å². The van der Waals surface area contributed by atoms with Crippen molar-refractivity contribution in [3.8, 4) is 5.75 Å². The maximum Gasteiger partial charge on any atom is 0.222 e. The van der Waals surface area contributed by atoms with Crippen molar-refractivity contribution >= 4 is 5.91 Å². The quantitative estimate of drug-likeness (QED) is 0.799. The number of carbonyl (C=O) groups is 1. The maximum absolute atomic E-state index is 12.2. The van der Waals surface area contributed by atoms with Crippen LogP contribution in [0.25, 0.3) is 0 Å². The zero-order valence-electron chi connectivity index (χ0n) is 15.4. The summed E-state index contributed by atoms with van der Waals surface area (Å²) in [5.41, 5.74) is 1.12. The van der Waals surface area contributed by atoms with Crippen molar-refractivity contribution in [2.45, 2.75) is 51.7 Å². The van der Waals surface area contributed by atoms with Gasteiger partial charge in [-0.2, -0.15) is 0 Å². The lowest BCUT2D eigenvalue weighted by Gasteiger charge is -2.32. The minimum absolute atomic E-state index is 0.118. The van der Waals surface area contributed by atoms with Crippen molar-refractivity contribution < 1.29 is 9.90 Å². The van der Waals surface area contributed by atoms with Crippen LogP contribution in [-0.2, 0) is 24.3 Å². The summed E-state index contributed by atoms with van der Waals surface area (Å²) in [7, 11) is 0. The molecule has 0 radical (unpaired) electrons. The summed E-state index contributed by atoms with van der Waals surface area (Å²) in [6.45, 7) is 5.52. The fourth-order valence-corrected chi connectivity index (χ4v) is 3.53. The van der Waals surface area contributed by atoms with E-state index >= 15 is 0 Å². The van der Waals surface area contributed by atoms with Crippen LogP contribution in [0.15, 0.2) is 36.7 Å². The second kappa shape index (κ2) is 8.85. The molecule has 3 rings (SSSR count). The number of hydrogen-bond donors (Lipinski definition) is 2. The van der Waals surface area contributed by atoms with Gasteiger partial charge >= 0.3 is 0 Å². The van der Waals surface area contributed by atoms with E-state index in [9.17, 15) is 9.90 Å². The number of carbonyl (C=O) groups excluding carboxylic acids is 1. The number of aromatic hydroxyl groups is 1. The third-order valence-corrected chi connectivity index (χ3v) is 4.97. The molecule has 1 saturated heterocycles. The van der Waals surface area contributed by atoms with Gasteiger partial charge in [-0.05, 0) is 30.5 Å². The van der Waals surface area contributed by atoms with Gasteiger partial charge in [-0.1, -0.05) is 19.1 Å². The standard InChI is InChI=1S/C20H28N4O2/c1-2-19-21-9-13-24(19)12-8-20(26)22-17-6-10-23(11-7-17)15-16-4-3-5-18(25)14-16/h3-5,9,13-14,17,25H,2,6-8,10-12,15H2,1H3,(H,22,26). The normalized spacial score (nSPS) is 15.9. The van der Waals surface area contributed by atoms with Crippen LogP contribution >= 0.6 is 0 Å². The number of benzene rings is 1. The van der Waals surface area contributed by atoms with Gasteiger partial charge in [0.2, 0.25) is 5.91 Å². The van der Waals surface area contributed by atoms with Crippen molar-refractivity contribution in [1.29, 1.82) is 0 Å². The highest BCUT2D eigenvalue weighted by Crippen LogP contribution is 2.17. The molecule has 0 bridgehead atoms. The third kappa shape index (κ3) is 5.08. The first kappa shape index (κ1) is 18.5. The monoisotopic (exact) mass is 356 g/mol. The minimum atomic E-state index is 0.118. The Hall–Kier alpha value is -2.34. The van der Waals surface area contributed by atoms with Crippen molar-refractivity contribution in [3.05, 3.63) is 48.0 Å². The molecule has 1 aromatic carbocycles. The first-order chi connectivity index (χ1) is 12.6. The SMILES string of the molecule is CCc1nccn1CCC(=O)NC1CCN(Cc2cccc(O)c2)CC1. The van der Waals surface area contributed by atoms with Gasteiger partial charge in [-0.3, -0.25) is 9.69 Å². The topological polar surface area (TPSA) is 70.4 Å². The predicted octanol–water partition coefficient (Wildman–Crippen LogP) is 2.32. The van der Waals surface area contributed by atoms with E-state index in [-0.39, 0.29) is 11.9 Å². The second-order valence-corrected chi connectivity index (χ2v) is 6.93. The molecular weight excluding hydrogens is 328 g/mol. The first-order valence-electron chi connectivity index (χ1n) is 9.43. The number of nitrogens with one attached hydrogen (secondary N) is 1. The first-order valence-corrected chi connectivity index (χ1v) is 9.43. The number of phenolic OH excluding ortho intramolecular Hbond substituents is 1. The number of amides is 1. The van der Waals surface area contributed by atoms with Crippen molar-refractivity contribution in [2.24, 2.45) is 0 Å². The van der Waals surface area contributed by atoms with Gasteiger partial charge in [0, 0.05) is 57.5 Å². The molecule has 2 N–H and O–H groups in total. The zero-order chi connectivity index (χ0) is 18.4. The summed E-state index contributed by atoms with van der Waals surface area (Å²) in [4.78, 5) is 18.9. The molecule has 2 aromatic rings. The molecule has 0 saturated carbocycles. The third-order valence-electron chi connectivity index (χ3n) is 4.97. The fraction of sp³-hybridized carbons (Fsp3) is 0.500. The van der Waals surface area contributed by atoms with Crippen LogP contribution < -0.4 is 5.32 Å². The molecule has 1 aromatic heterocycles. The molecule has 0 unspecified atom stereocenters. The summed E-state index contributed by atoms with van der Waals surface area (Å²) in [5.74, 6) is 1.46. The molecule has 1 aliphatic heterocycles. The molecule has 6 heteroatoms. The summed E-state index contributed by atoms with van der Waals surface area (Å²) in [5, 5.41) is 12.7. The molecule has 0 atom stereocenters. The summed E-state index contributed by atoms with van der Waals surface area (Å²) >= 11 is 0. The van der Waals surface area contributed by atoms with Gasteiger partial charge in [0.25, 0.3) is 0 Å². The van der Waals surface area contributed by atoms with E-state index in [2.05, 4.69) is 26.7 Å². The molecule has 1 fully saturated rings. The Morgan fingerprint density at radius 1 is 1.35 bits per heavy atom. The van der Waals surface area contributed by atoms with Gasteiger partial charge in [-0.15, -0.1) is 0 Å². The predicted molar refractivity (Wildman–Crippen MR) is 101 cm³/mol. The number of hydrogen-bond acceptors (Lipinski definition) is 4.